The minimum absolute atomic E-state index is 0.0765. The van der Waals surface area contributed by atoms with Crippen molar-refractivity contribution >= 4 is 17.4 Å². The van der Waals surface area contributed by atoms with Crippen molar-refractivity contribution in [1.29, 1.82) is 0 Å². The van der Waals surface area contributed by atoms with Crippen molar-refractivity contribution in [1.82, 2.24) is 9.97 Å². The first-order valence-corrected chi connectivity index (χ1v) is 10.0. The van der Waals surface area contributed by atoms with E-state index in [4.69, 9.17) is 9.47 Å². The summed E-state index contributed by atoms with van der Waals surface area (Å²) in [5, 5.41) is 3.19. The lowest BCUT2D eigenvalue weighted by Crippen LogP contribution is -1.97. The molecular weight excluding hydrogens is 402 g/mol. The third-order valence-corrected chi connectivity index (χ3v) is 4.57. The topological polar surface area (TPSA) is 73.3 Å². The van der Waals surface area contributed by atoms with Gasteiger partial charge in [-0.05, 0) is 73.7 Å². The summed E-state index contributed by atoms with van der Waals surface area (Å²) in [6.45, 7) is 1.54. The molecule has 0 radical (unpaired) electrons. The van der Waals surface area contributed by atoms with E-state index in [0.717, 1.165) is 28.4 Å². The maximum atomic E-state index is 10.8. The predicted octanol–water partition coefficient (Wildman–Crippen LogP) is 5.79. The first kappa shape index (κ1) is 22.5. The smallest absolute Gasteiger partial charge is 0.227 e. The van der Waals surface area contributed by atoms with Crippen LogP contribution in [0.1, 0.15) is 17.3 Å². The van der Waals surface area contributed by atoms with Crippen LogP contribution in [-0.2, 0) is 0 Å². The van der Waals surface area contributed by atoms with Crippen molar-refractivity contribution in [2.75, 3.05) is 19.5 Å². The molecule has 0 aliphatic rings. The number of carbonyl (C=O) groups is 1. The molecule has 0 fully saturated rings. The Hall–Kier alpha value is -4.19. The summed E-state index contributed by atoms with van der Waals surface area (Å²) < 4.78 is 10.1. The van der Waals surface area contributed by atoms with Gasteiger partial charge in [0, 0.05) is 23.0 Å². The second-order valence-electron chi connectivity index (χ2n) is 6.77. The Bertz CT molecular complexity index is 1130. The maximum absolute atomic E-state index is 10.8. The molecule has 0 unspecified atom stereocenters. The molecule has 1 heterocycles. The zero-order valence-corrected chi connectivity index (χ0v) is 18.3. The van der Waals surface area contributed by atoms with Crippen molar-refractivity contribution < 1.29 is 14.3 Å². The normalized spacial score (nSPS) is 9.84. The fraction of sp³-hybridized carbons (Fsp3) is 0.115. The first-order chi connectivity index (χ1) is 15.6. The van der Waals surface area contributed by atoms with Crippen molar-refractivity contribution in [3.63, 3.8) is 0 Å². The van der Waals surface area contributed by atoms with E-state index < -0.39 is 0 Å². The molecule has 0 saturated heterocycles. The summed E-state index contributed by atoms with van der Waals surface area (Å²) in [5.74, 6) is 2.26. The SMILES string of the molecule is COc1ccc(-c2ccnc(Nc3ccccc3)n2)cc1.COc1ccc(C(C)=O)cc1. The van der Waals surface area contributed by atoms with Gasteiger partial charge in [0.2, 0.25) is 5.95 Å². The van der Waals surface area contributed by atoms with Gasteiger partial charge in [-0.2, -0.15) is 0 Å². The number of para-hydroxylation sites is 1. The molecule has 1 N–H and O–H groups in total. The van der Waals surface area contributed by atoms with Gasteiger partial charge >= 0.3 is 0 Å². The van der Waals surface area contributed by atoms with Gasteiger partial charge < -0.3 is 14.8 Å². The van der Waals surface area contributed by atoms with Gasteiger partial charge in [-0.3, -0.25) is 4.79 Å². The number of nitrogens with zero attached hydrogens (tertiary/aromatic N) is 2. The number of anilines is 2. The Morgan fingerprint density at radius 3 is 1.94 bits per heavy atom. The number of hydrogen-bond donors (Lipinski definition) is 1. The molecule has 6 nitrogen and oxygen atoms in total. The Balaban J connectivity index is 0.000000222. The number of ether oxygens (including phenoxy) is 2. The average Bonchev–Trinajstić information content (AvgIpc) is 2.85. The summed E-state index contributed by atoms with van der Waals surface area (Å²) in [4.78, 5) is 19.6. The molecule has 32 heavy (non-hydrogen) atoms. The van der Waals surface area contributed by atoms with E-state index in [1.165, 1.54) is 0 Å². The summed E-state index contributed by atoms with van der Waals surface area (Å²) in [7, 11) is 3.25. The number of benzene rings is 3. The fourth-order valence-electron chi connectivity index (χ4n) is 2.82. The molecule has 4 rings (SSSR count). The lowest BCUT2D eigenvalue weighted by molar-refractivity contribution is 0.101. The largest absolute Gasteiger partial charge is 0.497 e. The van der Waals surface area contributed by atoms with Crippen molar-refractivity contribution in [2.24, 2.45) is 0 Å². The van der Waals surface area contributed by atoms with E-state index in [1.54, 1.807) is 51.6 Å². The van der Waals surface area contributed by atoms with Crippen LogP contribution in [0.3, 0.4) is 0 Å². The molecule has 0 atom stereocenters. The van der Waals surface area contributed by atoms with Gasteiger partial charge in [0.25, 0.3) is 0 Å². The van der Waals surface area contributed by atoms with Gasteiger partial charge in [0.1, 0.15) is 11.5 Å². The van der Waals surface area contributed by atoms with Crippen LogP contribution >= 0.6 is 0 Å². The quantitative estimate of drug-likeness (QED) is 0.393. The van der Waals surface area contributed by atoms with E-state index >= 15 is 0 Å². The van der Waals surface area contributed by atoms with Gasteiger partial charge in [-0.15, -0.1) is 0 Å². The van der Waals surface area contributed by atoms with Crippen molar-refractivity contribution in [3.8, 4) is 22.8 Å². The van der Waals surface area contributed by atoms with Crippen LogP contribution in [0.2, 0.25) is 0 Å². The lowest BCUT2D eigenvalue weighted by Gasteiger charge is -2.07. The number of carbonyl (C=O) groups excluding carboxylic acids is 1. The molecule has 3 aromatic carbocycles. The number of aromatic nitrogens is 2. The maximum Gasteiger partial charge on any atom is 0.227 e. The Kier molecular flexibility index (Phi) is 7.92. The molecule has 4 aromatic rings. The van der Waals surface area contributed by atoms with E-state index in [0.29, 0.717) is 11.5 Å². The van der Waals surface area contributed by atoms with Gasteiger partial charge in [0.05, 0.1) is 19.9 Å². The van der Waals surface area contributed by atoms with Gasteiger partial charge in [-0.25, -0.2) is 9.97 Å². The van der Waals surface area contributed by atoms with Crippen LogP contribution in [0.15, 0.2) is 91.1 Å². The highest BCUT2D eigenvalue weighted by Gasteiger charge is 2.03. The zero-order chi connectivity index (χ0) is 22.8. The third kappa shape index (κ3) is 6.40. The Morgan fingerprint density at radius 2 is 1.38 bits per heavy atom. The molecule has 0 amide bonds. The van der Waals surface area contributed by atoms with Gasteiger partial charge in [0.15, 0.2) is 5.78 Å². The Morgan fingerprint density at radius 1 is 0.781 bits per heavy atom. The number of ketones is 1. The minimum atomic E-state index is 0.0765. The second kappa shape index (κ2) is 11.3. The molecule has 0 aliphatic heterocycles. The van der Waals surface area contributed by atoms with Crippen LogP contribution in [0, 0.1) is 0 Å². The number of rotatable bonds is 6. The summed E-state index contributed by atoms with van der Waals surface area (Å²) >= 11 is 0. The van der Waals surface area contributed by atoms with E-state index in [1.807, 2.05) is 60.7 Å². The predicted molar refractivity (Wildman–Crippen MR) is 127 cm³/mol. The second-order valence-corrected chi connectivity index (χ2v) is 6.77. The van der Waals surface area contributed by atoms with Crippen LogP contribution in [0.25, 0.3) is 11.3 Å². The molecule has 6 heteroatoms. The summed E-state index contributed by atoms with van der Waals surface area (Å²) in [6.07, 6.45) is 1.75. The molecule has 0 spiro atoms. The Labute approximate surface area is 187 Å². The first-order valence-electron chi connectivity index (χ1n) is 10.0. The third-order valence-electron chi connectivity index (χ3n) is 4.57. The van der Waals surface area contributed by atoms with Crippen molar-refractivity contribution in [2.45, 2.75) is 6.92 Å². The standard InChI is InChI=1S/C17H15N3O.C9H10O2/c1-21-15-9-7-13(8-10-15)16-11-12-18-17(20-16)19-14-5-3-2-4-6-14;1-7(10)8-3-5-9(11-2)6-4-8/h2-12H,1H3,(H,18,19,20);3-6H,1-2H3. The highest BCUT2D eigenvalue weighted by atomic mass is 16.5. The molecule has 162 valence electrons. The molecular formula is C26H25N3O3. The highest BCUT2D eigenvalue weighted by molar-refractivity contribution is 5.94. The van der Waals surface area contributed by atoms with E-state index in [9.17, 15) is 4.79 Å². The molecule has 0 bridgehead atoms. The highest BCUT2D eigenvalue weighted by Crippen LogP contribution is 2.22. The van der Waals surface area contributed by atoms with Crippen LogP contribution in [0.5, 0.6) is 11.5 Å². The van der Waals surface area contributed by atoms with Crippen LogP contribution in [0.4, 0.5) is 11.6 Å². The lowest BCUT2D eigenvalue weighted by atomic mass is 10.1. The van der Waals surface area contributed by atoms with E-state index in [2.05, 4.69) is 15.3 Å². The van der Waals surface area contributed by atoms with Crippen molar-refractivity contribution in [3.05, 3.63) is 96.7 Å². The average molecular weight is 428 g/mol. The van der Waals surface area contributed by atoms with Crippen LogP contribution in [-0.4, -0.2) is 30.0 Å². The molecule has 0 aliphatic carbocycles. The summed E-state index contributed by atoms with van der Waals surface area (Å²) in [6, 6.07) is 26.6. The molecule has 1 aromatic heterocycles. The summed E-state index contributed by atoms with van der Waals surface area (Å²) in [5.41, 5.74) is 3.57. The van der Waals surface area contributed by atoms with Gasteiger partial charge in [-0.1, -0.05) is 18.2 Å². The van der Waals surface area contributed by atoms with E-state index in [-0.39, 0.29) is 5.78 Å². The number of hydrogen-bond acceptors (Lipinski definition) is 6. The number of Topliss-reactive ketones (excluding diaryl/α,β-unsaturated/α-hetero) is 1. The minimum Gasteiger partial charge on any atom is -0.497 e. The monoisotopic (exact) mass is 427 g/mol. The number of nitrogens with one attached hydrogen (secondary N) is 1. The molecule has 0 saturated carbocycles. The number of methoxy groups -OCH3 is 2. The van der Waals surface area contributed by atoms with Crippen LogP contribution < -0.4 is 14.8 Å². The zero-order valence-electron chi connectivity index (χ0n) is 18.3. The fourth-order valence-corrected chi connectivity index (χ4v) is 2.82.